The van der Waals surface area contributed by atoms with Crippen LogP contribution in [0.3, 0.4) is 0 Å². The van der Waals surface area contributed by atoms with Crippen molar-refractivity contribution in [2.45, 2.75) is 16.7 Å². The van der Waals surface area contributed by atoms with Gasteiger partial charge >= 0.3 is 0 Å². The van der Waals surface area contributed by atoms with Gasteiger partial charge in [-0.3, -0.25) is 0 Å². The lowest BCUT2D eigenvalue weighted by molar-refractivity contribution is 0.414. The van der Waals surface area contributed by atoms with E-state index in [2.05, 4.69) is 31.2 Å². The lowest BCUT2D eigenvalue weighted by Crippen LogP contribution is -2.22. The number of benzene rings is 6. The molecule has 0 radical (unpaired) electrons. The average molecular weight is 676 g/mol. The van der Waals surface area contributed by atoms with Crippen LogP contribution in [0.15, 0.2) is 146 Å². The molecular weight excluding hydrogens is 639 g/mol. The summed E-state index contributed by atoms with van der Waals surface area (Å²) in [7, 11) is 4.95. The van der Waals surface area contributed by atoms with Crippen molar-refractivity contribution in [1.82, 2.24) is 0 Å². The topological polar surface area (TPSA) is 36.9 Å². The van der Waals surface area contributed by atoms with Gasteiger partial charge in [-0.1, -0.05) is 90.5 Å². The van der Waals surface area contributed by atoms with Crippen molar-refractivity contribution >= 4 is 23.2 Å². The first-order valence-electron chi connectivity index (χ1n) is 15.6. The Morgan fingerprint density at radius 3 is 1.00 bits per heavy atom. The second-order valence-corrected chi connectivity index (χ2v) is 12.7. The summed E-state index contributed by atoms with van der Waals surface area (Å²) >= 11 is 15.3. The number of hydrogen-bond donors (Lipinski definition) is 0. The Morgan fingerprint density at radius 1 is 0.375 bits per heavy atom. The molecule has 242 valence electrons. The van der Waals surface area contributed by atoms with Gasteiger partial charge in [0, 0.05) is 0 Å². The smallest absolute Gasteiger partial charge is 0.127 e. The van der Waals surface area contributed by atoms with Gasteiger partial charge in [-0.2, -0.15) is 0 Å². The molecule has 0 bridgehead atoms. The van der Waals surface area contributed by atoms with E-state index in [4.69, 9.17) is 42.1 Å². The Balaban J connectivity index is 1.40. The fourth-order valence-corrected chi connectivity index (χ4v) is 6.67. The number of ether oxygens (including phenoxy) is 4. The van der Waals surface area contributed by atoms with E-state index in [1.54, 1.807) is 21.3 Å². The molecule has 4 nitrogen and oxygen atoms in total. The largest absolute Gasteiger partial charge is 0.497 e. The van der Waals surface area contributed by atoms with Crippen LogP contribution in [-0.4, -0.2) is 21.3 Å². The molecule has 0 aromatic heterocycles. The third-order valence-electron chi connectivity index (χ3n) is 8.61. The summed E-state index contributed by atoms with van der Waals surface area (Å²) in [6.45, 7) is 2.06. The summed E-state index contributed by atoms with van der Waals surface area (Å²) in [6.07, 6.45) is 0. The quantitative estimate of drug-likeness (QED) is 0.101. The normalized spacial score (nSPS) is 12.5. The first-order chi connectivity index (χ1) is 23.3. The van der Waals surface area contributed by atoms with Gasteiger partial charge in [0.25, 0.3) is 0 Å². The molecule has 0 aliphatic heterocycles. The maximum atomic E-state index is 7.67. The molecule has 6 aromatic carbocycles. The number of methoxy groups -OCH3 is 3. The van der Waals surface area contributed by atoms with Gasteiger partial charge in [0.15, 0.2) is 0 Å². The Hall–Kier alpha value is -4.90. The molecule has 0 spiro atoms. The number of halogens is 2. The lowest BCUT2D eigenvalue weighted by Gasteiger charge is -2.30. The maximum Gasteiger partial charge on any atom is 0.127 e. The molecule has 0 N–H and O–H groups in total. The summed E-state index contributed by atoms with van der Waals surface area (Å²) in [5, 5.41) is 0. The van der Waals surface area contributed by atoms with Crippen molar-refractivity contribution in [3.63, 3.8) is 0 Å². The SMILES string of the molecule is COc1ccc(C(Cl)(c2ccc(C)cc2)c2cccc(Oc3cccc(C(Cl)(c4ccc(OC)cc4)c4ccc(OC)cc4)c3)c2)cc1. The highest BCUT2D eigenvalue weighted by Gasteiger charge is 2.36. The minimum atomic E-state index is -1.02. The first kappa shape index (κ1) is 33.0. The van der Waals surface area contributed by atoms with E-state index in [9.17, 15) is 0 Å². The number of rotatable bonds is 11. The van der Waals surface area contributed by atoms with E-state index in [-0.39, 0.29) is 0 Å². The molecule has 0 heterocycles. The summed E-state index contributed by atoms with van der Waals surface area (Å²) in [4.78, 5) is -2.00. The molecule has 0 amide bonds. The lowest BCUT2D eigenvalue weighted by atomic mass is 9.83. The highest BCUT2D eigenvalue weighted by atomic mass is 35.5. The molecular formula is C42H36Cl2O4. The molecule has 0 saturated carbocycles. The van der Waals surface area contributed by atoms with Gasteiger partial charge in [-0.25, -0.2) is 0 Å². The molecule has 0 aliphatic rings. The summed E-state index contributed by atoms with van der Waals surface area (Å²) in [5.74, 6) is 3.54. The van der Waals surface area contributed by atoms with Crippen LogP contribution in [0.5, 0.6) is 28.7 Å². The summed E-state index contributed by atoms with van der Waals surface area (Å²) in [5.41, 5.74) is 6.51. The van der Waals surface area contributed by atoms with Crippen LogP contribution < -0.4 is 18.9 Å². The van der Waals surface area contributed by atoms with Gasteiger partial charge in [0.05, 0.1) is 21.3 Å². The molecule has 1 atom stereocenters. The highest BCUT2D eigenvalue weighted by molar-refractivity contribution is 6.28. The minimum Gasteiger partial charge on any atom is -0.497 e. The first-order valence-corrected chi connectivity index (χ1v) is 16.3. The van der Waals surface area contributed by atoms with Crippen LogP contribution in [0, 0.1) is 6.92 Å². The summed E-state index contributed by atoms with van der Waals surface area (Å²) < 4.78 is 22.8. The van der Waals surface area contributed by atoms with Crippen LogP contribution in [-0.2, 0) is 9.75 Å². The average Bonchev–Trinajstić information content (AvgIpc) is 3.15. The van der Waals surface area contributed by atoms with Gasteiger partial charge in [0.1, 0.15) is 38.5 Å². The molecule has 6 heteroatoms. The van der Waals surface area contributed by atoms with E-state index in [0.717, 1.165) is 56.2 Å². The second kappa shape index (κ2) is 14.1. The number of hydrogen-bond acceptors (Lipinski definition) is 4. The number of alkyl halides is 2. The third kappa shape index (κ3) is 6.47. The van der Waals surface area contributed by atoms with Crippen LogP contribution in [0.4, 0.5) is 0 Å². The second-order valence-electron chi connectivity index (χ2n) is 11.5. The van der Waals surface area contributed by atoms with Crippen molar-refractivity contribution in [1.29, 1.82) is 0 Å². The highest BCUT2D eigenvalue weighted by Crippen LogP contribution is 2.47. The molecule has 0 aliphatic carbocycles. The van der Waals surface area contributed by atoms with Crippen LogP contribution >= 0.6 is 23.2 Å². The maximum absolute atomic E-state index is 7.67. The minimum absolute atomic E-state index is 0.636. The van der Waals surface area contributed by atoms with E-state index in [1.165, 1.54) is 0 Å². The molecule has 6 rings (SSSR count). The molecule has 0 fully saturated rings. The Kier molecular flexibility index (Phi) is 9.68. The van der Waals surface area contributed by atoms with Crippen molar-refractivity contribution in [2.75, 3.05) is 21.3 Å². The van der Waals surface area contributed by atoms with Gasteiger partial charge in [-0.05, 0) is 101 Å². The monoisotopic (exact) mass is 674 g/mol. The number of aryl methyl sites for hydroxylation is 1. The van der Waals surface area contributed by atoms with Gasteiger partial charge in [-0.15, -0.1) is 23.2 Å². The van der Waals surface area contributed by atoms with Gasteiger partial charge < -0.3 is 18.9 Å². The van der Waals surface area contributed by atoms with E-state index < -0.39 is 9.75 Å². The fourth-order valence-electron chi connectivity index (χ4n) is 5.93. The Morgan fingerprint density at radius 2 is 0.688 bits per heavy atom. The van der Waals surface area contributed by atoms with E-state index in [1.807, 2.05) is 121 Å². The van der Waals surface area contributed by atoms with Crippen LogP contribution in [0.1, 0.15) is 38.9 Å². The molecule has 6 aromatic rings. The van der Waals surface area contributed by atoms with Crippen molar-refractivity contribution < 1.29 is 18.9 Å². The van der Waals surface area contributed by atoms with Crippen molar-refractivity contribution in [2.24, 2.45) is 0 Å². The molecule has 1 unspecified atom stereocenters. The predicted molar refractivity (Wildman–Crippen MR) is 195 cm³/mol. The van der Waals surface area contributed by atoms with Crippen LogP contribution in [0.25, 0.3) is 0 Å². The zero-order chi connectivity index (χ0) is 33.7. The van der Waals surface area contributed by atoms with Crippen molar-refractivity contribution in [3.8, 4) is 28.7 Å². The zero-order valence-electron chi connectivity index (χ0n) is 27.2. The predicted octanol–water partition coefficient (Wildman–Crippen LogP) is 10.9. The molecule has 0 saturated heterocycles. The Bertz CT molecular complexity index is 1920. The Labute approximate surface area is 292 Å². The standard InChI is InChI=1S/C42H36Cl2O4/c1-29-11-13-30(14-12-29)41(43,31-15-21-36(45-2)22-16-31)34-7-5-9-39(27-34)48-40-10-6-8-35(28-40)42(44,32-17-23-37(46-3)24-18-32)33-19-25-38(47-4)26-20-33/h5-28H,1-4H3. The fraction of sp³-hybridized carbons (Fsp3) is 0.143. The van der Waals surface area contributed by atoms with Gasteiger partial charge in [0.2, 0.25) is 0 Å². The third-order valence-corrected chi connectivity index (χ3v) is 9.92. The van der Waals surface area contributed by atoms with E-state index in [0.29, 0.717) is 11.5 Å². The summed E-state index contributed by atoms with van der Waals surface area (Å²) in [6, 6.07) is 47.5. The van der Waals surface area contributed by atoms with Crippen LogP contribution in [0.2, 0.25) is 0 Å². The molecule has 48 heavy (non-hydrogen) atoms. The van der Waals surface area contributed by atoms with Crippen molar-refractivity contribution in [3.05, 3.63) is 185 Å². The zero-order valence-corrected chi connectivity index (χ0v) is 28.8. The van der Waals surface area contributed by atoms with E-state index >= 15 is 0 Å².